The molecule has 5 heteroatoms. The molecule has 0 fully saturated rings. The van der Waals surface area contributed by atoms with Crippen molar-refractivity contribution in [1.82, 2.24) is 10.2 Å². The molecule has 28 heavy (non-hydrogen) atoms. The smallest absolute Gasteiger partial charge is 0.242 e. The van der Waals surface area contributed by atoms with Crippen molar-refractivity contribution in [3.8, 4) is 0 Å². The van der Waals surface area contributed by atoms with Gasteiger partial charge < -0.3 is 10.2 Å². The topological polar surface area (TPSA) is 49.4 Å². The monoisotopic (exact) mass is 400 g/mol. The summed E-state index contributed by atoms with van der Waals surface area (Å²) in [5, 5.41) is 3.48. The highest BCUT2D eigenvalue weighted by molar-refractivity contribution is 6.31. The number of benzene rings is 2. The molecule has 0 bridgehead atoms. The number of hydrogen-bond acceptors (Lipinski definition) is 2. The maximum absolute atomic E-state index is 13.2. The molecule has 0 aliphatic heterocycles. The summed E-state index contributed by atoms with van der Waals surface area (Å²) in [5.74, 6) is -0.271. The van der Waals surface area contributed by atoms with Crippen LogP contribution in [0.2, 0.25) is 5.02 Å². The molecule has 0 aliphatic carbocycles. The van der Waals surface area contributed by atoms with Gasteiger partial charge in [-0.2, -0.15) is 0 Å². The Morgan fingerprint density at radius 2 is 1.64 bits per heavy atom. The van der Waals surface area contributed by atoms with Crippen LogP contribution in [-0.2, 0) is 22.6 Å². The zero-order valence-electron chi connectivity index (χ0n) is 17.3. The molecule has 0 saturated heterocycles. The van der Waals surface area contributed by atoms with Crippen LogP contribution in [0, 0.1) is 13.8 Å². The molecule has 4 nitrogen and oxygen atoms in total. The SMILES string of the molecule is Cc1cc(C)cc(CC(=O)N(Cc2ccccc2Cl)C(C)C(=O)NC(C)C)c1. The molecular weight excluding hydrogens is 372 g/mol. The summed E-state index contributed by atoms with van der Waals surface area (Å²) < 4.78 is 0. The van der Waals surface area contributed by atoms with E-state index in [4.69, 9.17) is 11.6 Å². The first-order valence-electron chi connectivity index (χ1n) is 9.57. The van der Waals surface area contributed by atoms with Gasteiger partial charge in [-0.3, -0.25) is 9.59 Å². The van der Waals surface area contributed by atoms with Crippen LogP contribution in [0.25, 0.3) is 0 Å². The summed E-state index contributed by atoms with van der Waals surface area (Å²) in [7, 11) is 0. The minimum atomic E-state index is -0.600. The summed E-state index contributed by atoms with van der Waals surface area (Å²) in [6, 6.07) is 12.9. The highest BCUT2D eigenvalue weighted by Crippen LogP contribution is 2.20. The number of amides is 2. The molecule has 0 spiro atoms. The van der Waals surface area contributed by atoms with Crippen molar-refractivity contribution >= 4 is 23.4 Å². The fourth-order valence-electron chi connectivity index (χ4n) is 3.25. The van der Waals surface area contributed by atoms with Crippen LogP contribution in [-0.4, -0.2) is 28.8 Å². The highest BCUT2D eigenvalue weighted by atomic mass is 35.5. The third-order valence-electron chi connectivity index (χ3n) is 4.53. The van der Waals surface area contributed by atoms with Gasteiger partial charge in [0, 0.05) is 17.6 Å². The van der Waals surface area contributed by atoms with E-state index in [1.807, 2.05) is 58.0 Å². The third-order valence-corrected chi connectivity index (χ3v) is 4.90. The zero-order valence-corrected chi connectivity index (χ0v) is 18.0. The van der Waals surface area contributed by atoms with Crippen LogP contribution in [0.4, 0.5) is 0 Å². The number of nitrogens with zero attached hydrogens (tertiary/aromatic N) is 1. The van der Waals surface area contributed by atoms with Crippen molar-refractivity contribution in [2.24, 2.45) is 0 Å². The second kappa shape index (κ2) is 9.74. The zero-order chi connectivity index (χ0) is 20.8. The van der Waals surface area contributed by atoms with Crippen molar-refractivity contribution in [3.05, 3.63) is 69.7 Å². The van der Waals surface area contributed by atoms with Crippen molar-refractivity contribution in [2.45, 2.75) is 59.7 Å². The average molecular weight is 401 g/mol. The second-order valence-corrected chi connectivity index (χ2v) is 8.03. The van der Waals surface area contributed by atoms with E-state index >= 15 is 0 Å². The lowest BCUT2D eigenvalue weighted by Gasteiger charge is -2.30. The molecule has 0 saturated carbocycles. The molecule has 1 atom stereocenters. The Morgan fingerprint density at radius 3 is 2.21 bits per heavy atom. The Kier molecular flexibility index (Phi) is 7.64. The molecule has 1 unspecified atom stereocenters. The Balaban J connectivity index is 2.29. The lowest BCUT2D eigenvalue weighted by atomic mass is 10.0. The number of carbonyl (C=O) groups excluding carboxylic acids is 2. The van der Waals surface area contributed by atoms with Gasteiger partial charge in [0.15, 0.2) is 0 Å². The number of halogens is 1. The summed E-state index contributed by atoms with van der Waals surface area (Å²) in [5.41, 5.74) is 4.00. The van der Waals surface area contributed by atoms with Crippen LogP contribution in [0.15, 0.2) is 42.5 Å². The van der Waals surface area contributed by atoms with Gasteiger partial charge in [0.25, 0.3) is 0 Å². The average Bonchev–Trinajstić information content (AvgIpc) is 2.58. The number of aryl methyl sites for hydroxylation is 2. The van der Waals surface area contributed by atoms with Crippen molar-refractivity contribution < 1.29 is 9.59 Å². The van der Waals surface area contributed by atoms with Crippen LogP contribution in [0.5, 0.6) is 0 Å². The number of hydrogen-bond donors (Lipinski definition) is 1. The van der Waals surface area contributed by atoms with E-state index in [1.165, 1.54) is 0 Å². The molecule has 2 aromatic carbocycles. The van der Waals surface area contributed by atoms with E-state index in [-0.39, 0.29) is 30.8 Å². The van der Waals surface area contributed by atoms with Crippen LogP contribution in [0.1, 0.15) is 43.0 Å². The Hall–Kier alpha value is -2.33. The second-order valence-electron chi connectivity index (χ2n) is 7.63. The molecule has 2 aromatic rings. The summed E-state index contributed by atoms with van der Waals surface area (Å²) in [4.78, 5) is 27.4. The van der Waals surface area contributed by atoms with E-state index in [1.54, 1.807) is 17.9 Å². The number of rotatable bonds is 7. The van der Waals surface area contributed by atoms with Gasteiger partial charge in [0.1, 0.15) is 6.04 Å². The Morgan fingerprint density at radius 1 is 1.04 bits per heavy atom. The number of nitrogens with one attached hydrogen (secondary N) is 1. The minimum absolute atomic E-state index is 0.00615. The van der Waals surface area contributed by atoms with Crippen molar-refractivity contribution in [2.75, 3.05) is 0 Å². The quantitative estimate of drug-likeness (QED) is 0.746. The predicted octanol–water partition coefficient (Wildman–Crippen LogP) is 4.44. The maximum Gasteiger partial charge on any atom is 0.242 e. The Bertz CT molecular complexity index is 828. The van der Waals surface area contributed by atoms with Gasteiger partial charge in [-0.15, -0.1) is 0 Å². The summed E-state index contributed by atoms with van der Waals surface area (Å²) in [6.45, 7) is 9.88. The standard InChI is InChI=1S/C23H29ClN2O2/c1-15(2)25-23(28)18(5)26(14-20-8-6-7-9-21(20)24)22(27)13-19-11-16(3)10-17(4)12-19/h6-12,15,18H,13-14H2,1-5H3,(H,25,28). The van der Waals surface area contributed by atoms with Gasteiger partial charge in [-0.05, 0) is 51.8 Å². The van der Waals surface area contributed by atoms with E-state index < -0.39 is 6.04 Å². The molecule has 0 aliphatic rings. The van der Waals surface area contributed by atoms with Gasteiger partial charge in [0.05, 0.1) is 6.42 Å². The van der Waals surface area contributed by atoms with Crippen molar-refractivity contribution in [1.29, 1.82) is 0 Å². The lowest BCUT2D eigenvalue weighted by Crippen LogP contribution is -2.49. The molecule has 0 aromatic heterocycles. The van der Waals surface area contributed by atoms with E-state index in [0.29, 0.717) is 5.02 Å². The molecule has 2 rings (SSSR count). The Labute approximate surface area is 172 Å². The molecule has 0 radical (unpaired) electrons. The molecule has 1 N–H and O–H groups in total. The largest absolute Gasteiger partial charge is 0.352 e. The highest BCUT2D eigenvalue weighted by Gasteiger charge is 2.27. The van der Waals surface area contributed by atoms with E-state index in [0.717, 1.165) is 22.3 Å². The molecule has 150 valence electrons. The number of carbonyl (C=O) groups is 2. The predicted molar refractivity (Wildman–Crippen MR) is 114 cm³/mol. The van der Waals surface area contributed by atoms with Gasteiger partial charge in [-0.1, -0.05) is 59.1 Å². The van der Waals surface area contributed by atoms with E-state index in [9.17, 15) is 9.59 Å². The first-order valence-corrected chi connectivity index (χ1v) is 9.95. The summed E-state index contributed by atoms with van der Waals surface area (Å²) >= 11 is 6.30. The molecule has 0 heterocycles. The molecule has 2 amide bonds. The fraction of sp³-hybridized carbons (Fsp3) is 0.391. The van der Waals surface area contributed by atoms with E-state index in [2.05, 4.69) is 11.4 Å². The first kappa shape index (κ1) is 22.0. The fourth-order valence-corrected chi connectivity index (χ4v) is 3.44. The van der Waals surface area contributed by atoms with Gasteiger partial charge >= 0.3 is 0 Å². The third kappa shape index (κ3) is 6.10. The van der Waals surface area contributed by atoms with Crippen LogP contribution in [0.3, 0.4) is 0 Å². The van der Waals surface area contributed by atoms with Gasteiger partial charge in [-0.25, -0.2) is 0 Å². The van der Waals surface area contributed by atoms with Crippen molar-refractivity contribution in [3.63, 3.8) is 0 Å². The van der Waals surface area contributed by atoms with Crippen LogP contribution >= 0.6 is 11.6 Å². The molecular formula is C23H29ClN2O2. The normalized spacial score (nSPS) is 12.0. The first-order chi connectivity index (χ1) is 13.2. The lowest BCUT2D eigenvalue weighted by molar-refractivity contribution is -0.140. The minimum Gasteiger partial charge on any atom is -0.352 e. The van der Waals surface area contributed by atoms with Crippen LogP contribution < -0.4 is 5.32 Å². The summed E-state index contributed by atoms with van der Waals surface area (Å²) in [6.07, 6.45) is 0.242. The maximum atomic E-state index is 13.2. The van der Waals surface area contributed by atoms with Gasteiger partial charge in [0.2, 0.25) is 11.8 Å².